The molecule has 1 N–H and O–H groups in total. The number of aliphatic carboxylic acids is 1. The van der Waals surface area contributed by atoms with E-state index in [0.717, 1.165) is 18.7 Å². The fourth-order valence-corrected chi connectivity index (χ4v) is 2.36. The average molecular weight is 223 g/mol. The molecule has 88 valence electrons. The lowest BCUT2D eigenvalue weighted by Gasteiger charge is -2.19. The molecular formula is C11H17N3O2. The molecule has 0 aromatic carbocycles. The summed E-state index contributed by atoms with van der Waals surface area (Å²) in [6, 6.07) is 0.389. The predicted molar refractivity (Wildman–Crippen MR) is 59.2 cm³/mol. The highest BCUT2D eigenvalue weighted by Gasteiger charge is 2.26. The molecule has 2 heterocycles. The van der Waals surface area contributed by atoms with Gasteiger partial charge in [-0.05, 0) is 26.4 Å². The molecule has 1 aliphatic rings. The molecular weight excluding hydrogens is 206 g/mol. The van der Waals surface area contributed by atoms with Crippen molar-refractivity contribution >= 4 is 5.97 Å². The van der Waals surface area contributed by atoms with E-state index in [2.05, 4.69) is 16.9 Å². The van der Waals surface area contributed by atoms with Gasteiger partial charge in [0.15, 0.2) is 0 Å². The Morgan fingerprint density at radius 3 is 2.94 bits per heavy atom. The summed E-state index contributed by atoms with van der Waals surface area (Å²) < 4.78 is 1.92. The smallest absolute Gasteiger partial charge is 0.311 e. The van der Waals surface area contributed by atoms with E-state index in [1.54, 1.807) is 0 Å². The number of imidazole rings is 1. The number of likely N-dealkylation sites (tertiary alicyclic amines) is 1. The summed E-state index contributed by atoms with van der Waals surface area (Å²) in [5, 5.41) is 8.75. The van der Waals surface area contributed by atoms with Crippen LogP contribution in [0.25, 0.3) is 0 Å². The molecule has 1 atom stereocenters. The van der Waals surface area contributed by atoms with E-state index >= 15 is 0 Å². The maximum Gasteiger partial charge on any atom is 0.311 e. The Bertz CT molecular complexity index is 400. The maximum atomic E-state index is 10.7. The van der Waals surface area contributed by atoms with Crippen LogP contribution >= 0.6 is 0 Å². The molecule has 0 saturated carbocycles. The van der Waals surface area contributed by atoms with Gasteiger partial charge in [0.05, 0.1) is 17.9 Å². The first-order chi connectivity index (χ1) is 7.59. The number of carbonyl (C=O) groups is 1. The number of carboxylic acid groups (broad SMARTS) is 1. The highest BCUT2D eigenvalue weighted by atomic mass is 16.4. The molecule has 0 bridgehead atoms. The molecule has 5 heteroatoms. The number of rotatable bonds is 3. The van der Waals surface area contributed by atoms with Gasteiger partial charge in [0, 0.05) is 7.05 Å². The van der Waals surface area contributed by atoms with Crippen molar-refractivity contribution in [2.24, 2.45) is 7.05 Å². The van der Waals surface area contributed by atoms with Crippen molar-refractivity contribution in [2.45, 2.75) is 25.3 Å². The summed E-state index contributed by atoms with van der Waals surface area (Å²) >= 11 is 0. The van der Waals surface area contributed by atoms with Crippen LogP contribution < -0.4 is 0 Å². The van der Waals surface area contributed by atoms with Gasteiger partial charge in [-0.2, -0.15) is 0 Å². The average Bonchev–Trinajstić information content (AvgIpc) is 2.75. The fraction of sp³-hybridized carbons (Fsp3) is 0.636. The van der Waals surface area contributed by atoms with Crippen LogP contribution in [0.15, 0.2) is 6.20 Å². The summed E-state index contributed by atoms with van der Waals surface area (Å²) in [5.41, 5.74) is 1.12. The van der Waals surface area contributed by atoms with Gasteiger partial charge in [-0.25, -0.2) is 4.98 Å². The SMILES string of the molecule is CN1CCCC1c1cnc(CC(=O)O)n1C. The van der Waals surface area contributed by atoms with E-state index in [1.165, 1.54) is 6.42 Å². The zero-order valence-corrected chi connectivity index (χ0v) is 9.68. The Balaban J connectivity index is 2.22. The van der Waals surface area contributed by atoms with Gasteiger partial charge in [-0.3, -0.25) is 9.69 Å². The van der Waals surface area contributed by atoms with Crippen LogP contribution in [0.1, 0.15) is 30.4 Å². The number of hydrogen-bond donors (Lipinski definition) is 1. The molecule has 16 heavy (non-hydrogen) atoms. The Kier molecular flexibility index (Phi) is 2.96. The number of carboxylic acids is 1. The monoisotopic (exact) mass is 223 g/mol. The minimum atomic E-state index is -0.833. The maximum absolute atomic E-state index is 10.7. The third-order valence-corrected chi connectivity index (χ3v) is 3.29. The van der Waals surface area contributed by atoms with Gasteiger partial charge < -0.3 is 9.67 Å². The van der Waals surface area contributed by atoms with Gasteiger partial charge >= 0.3 is 5.97 Å². The first kappa shape index (κ1) is 11.1. The Labute approximate surface area is 94.7 Å². The number of aromatic nitrogens is 2. The van der Waals surface area contributed by atoms with Gasteiger partial charge in [-0.1, -0.05) is 0 Å². The zero-order chi connectivity index (χ0) is 11.7. The van der Waals surface area contributed by atoms with Crippen LogP contribution in [0.4, 0.5) is 0 Å². The molecule has 1 aromatic heterocycles. The summed E-state index contributed by atoms with van der Waals surface area (Å²) in [6.45, 7) is 1.10. The van der Waals surface area contributed by atoms with Crippen LogP contribution in [0.5, 0.6) is 0 Å². The Morgan fingerprint density at radius 2 is 2.38 bits per heavy atom. The van der Waals surface area contributed by atoms with Crippen molar-refractivity contribution in [3.05, 3.63) is 17.7 Å². The number of nitrogens with zero attached hydrogens (tertiary/aromatic N) is 3. The van der Waals surface area contributed by atoms with E-state index in [1.807, 2.05) is 17.8 Å². The highest BCUT2D eigenvalue weighted by Crippen LogP contribution is 2.30. The summed E-state index contributed by atoms with van der Waals surface area (Å²) in [6.07, 6.45) is 4.13. The molecule has 1 unspecified atom stereocenters. The largest absolute Gasteiger partial charge is 0.481 e. The second-order valence-electron chi connectivity index (χ2n) is 4.37. The second-order valence-corrected chi connectivity index (χ2v) is 4.37. The quantitative estimate of drug-likeness (QED) is 0.824. The van der Waals surface area contributed by atoms with E-state index in [9.17, 15) is 4.79 Å². The van der Waals surface area contributed by atoms with Crippen molar-refractivity contribution in [1.29, 1.82) is 0 Å². The molecule has 2 rings (SSSR count). The van der Waals surface area contributed by atoms with Crippen molar-refractivity contribution in [3.63, 3.8) is 0 Å². The third kappa shape index (κ3) is 1.95. The molecule has 1 aliphatic heterocycles. The van der Waals surface area contributed by atoms with Gasteiger partial charge in [-0.15, -0.1) is 0 Å². The highest BCUT2D eigenvalue weighted by molar-refractivity contribution is 5.69. The Hall–Kier alpha value is -1.36. The summed E-state index contributed by atoms with van der Waals surface area (Å²) in [7, 11) is 3.99. The predicted octanol–water partition coefficient (Wildman–Crippen LogP) is 0.814. The van der Waals surface area contributed by atoms with Gasteiger partial charge in [0.2, 0.25) is 0 Å². The van der Waals surface area contributed by atoms with Crippen molar-refractivity contribution in [2.75, 3.05) is 13.6 Å². The van der Waals surface area contributed by atoms with Crippen LogP contribution in [0.2, 0.25) is 0 Å². The standard InChI is InChI=1S/C11H17N3O2/c1-13-5-3-4-8(13)9-7-12-10(14(9)2)6-11(15)16/h7-8H,3-6H2,1-2H3,(H,15,16). The van der Waals surface area contributed by atoms with E-state index in [0.29, 0.717) is 11.9 Å². The molecule has 0 radical (unpaired) electrons. The molecule has 5 nitrogen and oxygen atoms in total. The van der Waals surface area contributed by atoms with Crippen LogP contribution in [0, 0.1) is 0 Å². The van der Waals surface area contributed by atoms with Crippen molar-refractivity contribution < 1.29 is 9.90 Å². The Morgan fingerprint density at radius 1 is 1.62 bits per heavy atom. The summed E-state index contributed by atoms with van der Waals surface area (Å²) in [4.78, 5) is 17.1. The van der Waals surface area contributed by atoms with Crippen molar-refractivity contribution in [3.8, 4) is 0 Å². The second kappa shape index (κ2) is 4.25. The molecule has 0 spiro atoms. The molecule has 1 aromatic rings. The fourth-order valence-electron chi connectivity index (χ4n) is 2.36. The minimum absolute atomic E-state index is 0.00701. The molecule has 1 fully saturated rings. The summed E-state index contributed by atoms with van der Waals surface area (Å²) in [5.74, 6) is -0.206. The van der Waals surface area contributed by atoms with Gasteiger partial charge in [0.1, 0.15) is 12.2 Å². The first-order valence-corrected chi connectivity index (χ1v) is 5.52. The lowest BCUT2D eigenvalue weighted by Crippen LogP contribution is -2.20. The third-order valence-electron chi connectivity index (χ3n) is 3.29. The molecule has 1 saturated heterocycles. The molecule has 0 aliphatic carbocycles. The normalized spacial score (nSPS) is 21.5. The van der Waals surface area contributed by atoms with Crippen LogP contribution in [-0.4, -0.2) is 39.1 Å². The van der Waals surface area contributed by atoms with E-state index in [-0.39, 0.29) is 6.42 Å². The van der Waals surface area contributed by atoms with Crippen molar-refractivity contribution in [1.82, 2.24) is 14.5 Å². The van der Waals surface area contributed by atoms with Gasteiger partial charge in [0.25, 0.3) is 0 Å². The van der Waals surface area contributed by atoms with Crippen LogP contribution in [-0.2, 0) is 18.3 Å². The zero-order valence-electron chi connectivity index (χ0n) is 9.68. The van der Waals surface area contributed by atoms with Crippen LogP contribution in [0.3, 0.4) is 0 Å². The number of hydrogen-bond acceptors (Lipinski definition) is 3. The first-order valence-electron chi connectivity index (χ1n) is 5.52. The topological polar surface area (TPSA) is 58.4 Å². The lowest BCUT2D eigenvalue weighted by atomic mass is 10.1. The lowest BCUT2D eigenvalue weighted by molar-refractivity contribution is -0.136. The van der Waals surface area contributed by atoms with E-state index < -0.39 is 5.97 Å². The minimum Gasteiger partial charge on any atom is -0.481 e. The molecule has 0 amide bonds. The van der Waals surface area contributed by atoms with E-state index in [4.69, 9.17) is 5.11 Å².